The van der Waals surface area contributed by atoms with Crippen LogP contribution in [0, 0.1) is 0 Å². The fourth-order valence-electron chi connectivity index (χ4n) is 3.36. The predicted octanol–water partition coefficient (Wildman–Crippen LogP) is 3.91. The van der Waals surface area contributed by atoms with E-state index in [1.165, 1.54) is 21.8 Å². The maximum atomic E-state index is 12.5. The number of hydrogen-bond acceptors (Lipinski definition) is 5. The minimum Gasteiger partial charge on any atom is -0.369 e. The lowest BCUT2D eigenvalue weighted by Gasteiger charge is -2.15. The summed E-state index contributed by atoms with van der Waals surface area (Å²) < 4.78 is 5.65. The number of carbonyl (C=O) groups excluding carboxylic acids is 1. The first-order valence-corrected chi connectivity index (χ1v) is 10.5. The number of aromatic nitrogens is 1. The van der Waals surface area contributed by atoms with Gasteiger partial charge in [0.1, 0.15) is 5.82 Å². The topological polar surface area (TPSA) is 66.0 Å². The van der Waals surface area contributed by atoms with Crippen molar-refractivity contribution in [2.45, 2.75) is 12.8 Å². The standard InChI is InChI=1S/C22H24N4OS/c27-22(18-6-3-5-17(15-18)16-9-13-23-14-10-16)25-12-4-11-24-21-19-7-1-2-8-20(19)28-26-21/h1-3,5-9,15,23H,4,10-14H2,(H,24,26)(H,25,27). The molecule has 28 heavy (non-hydrogen) atoms. The molecule has 0 bridgehead atoms. The Hall–Kier alpha value is -2.70. The molecule has 4 rings (SSSR count). The molecular weight excluding hydrogens is 368 g/mol. The maximum Gasteiger partial charge on any atom is 0.251 e. The molecule has 1 aliphatic rings. The predicted molar refractivity (Wildman–Crippen MR) is 117 cm³/mol. The number of carbonyl (C=O) groups is 1. The van der Waals surface area contributed by atoms with Gasteiger partial charge in [0.2, 0.25) is 0 Å². The van der Waals surface area contributed by atoms with Crippen LogP contribution in [-0.4, -0.2) is 36.5 Å². The molecule has 0 spiro atoms. The van der Waals surface area contributed by atoms with Gasteiger partial charge in [0.05, 0.1) is 4.70 Å². The molecular formula is C22H24N4OS. The quantitative estimate of drug-likeness (QED) is 0.534. The van der Waals surface area contributed by atoms with E-state index in [0.29, 0.717) is 6.54 Å². The van der Waals surface area contributed by atoms with Crippen molar-refractivity contribution >= 4 is 38.9 Å². The summed E-state index contributed by atoms with van der Waals surface area (Å²) in [7, 11) is 0. The lowest BCUT2D eigenvalue weighted by atomic mass is 9.98. The molecule has 0 saturated carbocycles. The van der Waals surface area contributed by atoms with Crippen molar-refractivity contribution in [2.24, 2.45) is 0 Å². The van der Waals surface area contributed by atoms with E-state index in [1.807, 2.05) is 30.3 Å². The highest BCUT2D eigenvalue weighted by atomic mass is 32.1. The van der Waals surface area contributed by atoms with Gasteiger partial charge in [-0.2, -0.15) is 4.37 Å². The number of amides is 1. The van der Waals surface area contributed by atoms with Gasteiger partial charge < -0.3 is 16.0 Å². The Morgan fingerprint density at radius 3 is 2.96 bits per heavy atom. The van der Waals surface area contributed by atoms with Crippen molar-refractivity contribution in [3.05, 3.63) is 65.7 Å². The lowest BCUT2D eigenvalue weighted by Crippen LogP contribution is -2.26. The van der Waals surface area contributed by atoms with E-state index in [0.717, 1.165) is 54.8 Å². The number of fused-ring (bicyclic) bond motifs is 1. The average molecular weight is 393 g/mol. The van der Waals surface area contributed by atoms with Crippen LogP contribution >= 0.6 is 11.5 Å². The molecule has 0 radical (unpaired) electrons. The molecule has 2 heterocycles. The summed E-state index contributed by atoms with van der Waals surface area (Å²) in [5.41, 5.74) is 3.18. The first kappa shape index (κ1) is 18.7. The van der Waals surface area contributed by atoms with Crippen molar-refractivity contribution in [3.63, 3.8) is 0 Å². The number of nitrogens with one attached hydrogen (secondary N) is 3. The van der Waals surface area contributed by atoms with Gasteiger partial charge in [-0.25, -0.2) is 0 Å². The largest absolute Gasteiger partial charge is 0.369 e. The molecule has 2 aromatic carbocycles. The first-order valence-electron chi connectivity index (χ1n) is 9.68. The SMILES string of the molecule is O=C(NCCCNc1nsc2ccccc12)c1cccc(C2=CCNCC2)c1. The Morgan fingerprint density at radius 2 is 2.07 bits per heavy atom. The number of benzene rings is 2. The molecule has 5 nitrogen and oxygen atoms in total. The van der Waals surface area contributed by atoms with E-state index in [1.54, 1.807) is 0 Å². The highest BCUT2D eigenvalue weighted by molar-refractivity contribution is 7.13. The van der Waals surface area contributed by atoms with Crippen LogP contribution in [0.5, 0.6) is 0 Å². The summed E-state index contributed by atoms with van der Waals surface area (Å²) >= 11 is 1.50. The second-order valence-corrected chi connectivity index (χ2v) is 7.63. The summed E-state index contributed by atoms with van der Waals surface area (Å²) in [5.74, 6) is 0.908. The van der Waals surface area contributed by atoms with E-state index in [9.17, 15) is 4.79 Å². The van der Waals surface area contributed by atoms with Crippen LogP contribution in [-0.2, 0) is 0 Å². The van der Waals surface area contributed by atoms with E-state index < -0.39 is 0 Å². The molecule has 0 saturated heterocycles. The van der Waals surface area contributed by atoms with Crippen molar-refractivity contribution in [1.29, 1.82) is 0 Å². The average Bonchev–Trinajstić information content (AvgIpc) is 3.17. The zero-order valence-corrected chi connectivity index (χ0v) is 16.5. The van der Waals surface area contributed by atoms with Crippen molar-refractivity contribution < 1.29 is 4.79 Å². The van der Waals surface area contributed by atoms with Crippen molar-refractivity contribution in [3.8, 4) is 0 Å². The molecule has 0 aliphatic carbocycles. The molecule has 6 heteroatoms. The zero-order valence-electron chi connectivity index (χ0n) is 15.7. The fraction of sp³-hybridized carbons (Fsp3) is 0.273. The van der Waals surface area contributed by atoms with E-state index in [2.05, 4.69) is 44.6 Å². The Morgan fingerprint density at radius 1 is 1.14 bits per heavy atom. The Balaban J connectivity index is 1.26. The van der Waals surface area contributed by atoms with Crippen molar-refractivity contribution in [2.75, 3.05) is 31.5 Å². The Labute approximate surface area is 169 Å². The smallest absolute Gasteiger partial charge is 0.251 e. The molecule has 3 aromatic rings. The van der Waals surface area contributed by atoms with E-state index in [-0.39, 0.29) is 5.91 Å². The molecule has 3 N–H and O–H groups in total. The number of rotatable bonds is 7. The van der Waals surface area contributed by atoms with Crippen LogP contribution in [0.2, 0.25) is 0 Å². The third kappa shape index (κ3) is 4.40. The zero-order chi connectivity index (χ0) is 19.2. The fourth-order valence-corrected chi connectivity index (χ4v) is 4.11. The van der Waals surface area contributed by atoms with Crippen LogP contribution in [0.15, 0.2) is 54.6 Å². The van der Waals surface area contributed by atoms with Gasteiger partial charge in [-0.05, 0) is 66.3 Å². The lowest BCUT2D eigenvalue weighted by molar-refractivity contribution is 0.0953. The molecule has 0 unspecified atom stereocenters. The highest BCUT2D eigenvalue weighted by Gasteiger charge is 2.10. The van der Waals surface area contributed by atoms with Gasteiger partial charge in [0.25, 0.3) is 5.91 Å². The summed E-state index contributed by atoms with van der Waals surface area (Å²) in [6.45, 7) is 3.29. The summed E-state index contributed by atoms with van der Waals surface area (Å²) in [4.78, 5) is 12.5. The van der Waals surface area contributed by atoms with Gasteiger partial charge >= 0.3 is 0 Å². The summed E-state index contributed by atoms with van der Waals surface area (Å²) in [5, 5.41) is 10.9. The number of hydrogen-bond donors (Lipinski definition) is 3. The molecule has 1 aromatic heterocycles. The van der Waals surface area contributed by atoms with Crippen molar-refractivity contribution in [1.82, 2.24) is 15.0 Å². The minimum absolute atomic E-state index is 0.0181. The molecule has 144 valence electrons. The first-order chi connectivity index (χ1) is 13.8. The second-order valence-electron chi connectivity index (χ2n) is 6.83. The van der Waals surface area contributed by atoms with Gasteiger partial charge in [-0.15, -0.1) is 0 Å². The molecule has 1 aliphatic heterocycles. The van der Waals surface area contributed by atoms with Crippen LogP contribution in [0.4, 0.5) is 5.82 Å². The number of nitrogens with zero attached hydrogens (tertiary/aromatic N) is 1. The van der Waals surface area contributed by atoms with Gasteiger partial charge in [-0.1, -0.05) is 30.3 Å². The van der Waals surface area contributed by atoms with Crippen LogP contribution in [0.3, 0.4) is 0 Å². The van der Waals surface area contributed by atoms with Gasteiger partial charge in [-0.3, -0.25) is 4.79 Å². The van der Waals surface area contributed by atoms with E-state index in [4.69, 9.17) is 0 Å². The maximum absolute atomic E-state index is 12.5. The Bertz CT molecular complexity index is 995. The van der Waals surface area contributed by atoms with Crippen LogP contribution in [0.1, 0.15) is 28.8 Å². The molecule has 0 atom stereocenters. The second kappa shape index (κ2) is 8.99. The minimum atomic E-state index is -0.0181. The summed E-state index contributed by atoms with van der Waals surface area (Å²) in [6, 6.07) is 16.1. The monoisotopic (exact) mass is 392 g/mol. The van der Waals surface area contributed by atoms with Gasteiger partial charge in [0, 0.05) is 30.6 Å². The van der Waals surface area contributed by atoms with E-state index >= 15 is 0 Å². The third-order valence-corrected chi connectivity index (χ3v) is 5.70. The van der Waals surface area contributed by atoms with Gasteiger partial charge in [0.15, 0.2) is 0 Å². The summed E-state index contributed by atoms with van der Waals surface area (Å²) in [6.07, 6.45) is 4.05. The van der Waals surface area contributed by atoms with Crippen LogP contribution < -0.4 is 16.0 Å². The molecule has 0 fully saturated rings. The Kier molecular flexibility index (Phi) is 5.99. The highest BCUT2D eigenvalue weighted by Crippen LogP contribution is 2.26. The third-order valence-electron chi connectivity index (χ3n) is 4.87. The van der Waals surface area contributed by atoms with Crippen LogP contribution in [0.25, 0.3) is 15.7 Å². The normalized spacial score (nSPS) is 13.9. The molecule has 1 amide bonds. The number of anilines is 1.